The van der Waals surface area contributed by atoms with Gasteiger partial charge in [-0.3, -0.25) is 0 Å². The molecule has 0 heterocycles. The second-order valence-corrected chi connectivity index (χ2v) is 19.3. The molecule has 2 rings (SSSR count). The number of aromatic carboxylic acids is 1. The van der Waals surface area contributed by atoms with Gasteiger partial charge in [-0.1, -0.05) is 209 Å². The number of rotatable bonds is 36. The van der Waals surface area contributed by atoms with E-state index in [9.17, 15) is 18.3 Å². The molecule has 0 aromatic heterocycles. The van der Waals surface area contributed by atoms with Crippen molar-refractivity contribution in [2.45, 2.75) is 209 Å². The Labute approximate surface area is 344 Å². The maximum atomic E-state index is 14.4. The van der Waals surface area contributed by atoms with Crippen LogP contribution >= 0.6 is 27.7 Å². The predicted molar refractivity (Wildman–Crippen MR) is 236 cm³/mol. The first-order chi connectivity index (χ1) is 26.3. The van der Waals surface area contributed by atoms with Gasteiger partial charge in [-0.2, -0.15) is 4.31 Å². The number of hydrogen-bond donors (Lipinski definition) is 1. The van der Waals surface area contributed by atoms with Gasteiger partial charge < -0.3 is 5.11 Å². The Morgan fingerprint density at radius 2 is 1.00 bits per heavy atom. The number of benzene rings is 2. The van der Waals surface area contributed by atoms with Gasteiger partial charge in [-0.05, 0) is 48.7 Å². The van der Waals surface area contributed by atoms with Crippen LogP contribution in [0.15, 0.2) is 56.7 Å². The van der Waals surface area contributed by atoms with E-state index in [-0.39, 0.29) is 10.5 Å². The lowest BCUT2D eigenvalue weighted by Crippen LogP contribution is -2.33. The zero-order valence-corrected chi connectivity index (χ0v) is 37.5. The Morgan fingerprint density at radius 1 is 0.593 bits per heavy atom. The van der Waals surface area contributed by atoms with Gasteiger partial charge in [0.2, 0.25) is 10.0 Å². The first-order valence-corrected chi connectivity index (χ1v) is 25.3. The topological polar surface area (TPSA) is 74.7 Å². The van der Waals surface area contributed by atoms with Crippen LogP contribution in [0.25, 0.3) is 0 Å². The number of sulfonamides is 1. The van der Waals surface area contributed by atoms with Crippen molar-refractivity contribution in [2.75, 3.05) is 13.1 Å². The highest BCUT2D eigenvalue weighted by Gasteiger charge is 2.28. The van der Waals surface area contributed by atoms with Crippen LogP contribution in [-0.4, -0.2) is 36.9 Å². The molecule has 1 N–H and O–H groups in total. The zero-order valence-electron chi connectivity index (χ0n) is 34.3. The third kappa shape index (κ3) is 22.4. The molecule has 0 saturated heterocycles. The number of halogens is 1. The van der Waals surface area contributed by atoms with Crippen molar-refractivity contribution in [1.82, 2.24) is 4.31 Å². The van der Waals surface area contributed by atoms with Gasteiger partial charge >= 0.3 is 5.97 Å². The van der Waals surface area contributed by atoms with Crippen molar-refractivity contribution in [3.63, 3.8) is 0 Å². The SMILES string of the molecule is CCCCCCCCCCCCCCCCN(CCCCCCCCCCCCCCCC)S(=O)(=O)c1cc(C(=O)O)ccc1SCc1cccc(Br)c1. The summed E-state index contributed by atoms with van der Waals surface area (Å²) in [5.74, 6) is -0.521. The largest absolute Gasteiger partial charge is 0.478 e. The molecule has 5 nitrogen and oxygen atoms in total. The summed E-state index contributed by atoms with van der Waals surface area (Å²) in [4.78, 5) is 12.7. The lowest BCUT2D eigenvalue weighted by Gasteiger charge is -2.24. The van der Waals surface area contributed by atoms with Gasteiger partial charge in [-0.15, -0.1) is 11.8 Å². The van der Waals surface area contributed by atoms with E-state index in [1.807, 2.05) is 24.3 Å². The summed E-state index contributed by atoms with van der Waals surface area (Å²) in [5, 5.41) is 9.81. The predicted octanol–water partition coefficient (Wildman–Crippen LogP) is 15.4. The molecule has 0 unspecified atom stereocenters. The average Bonchev–Trinajstić information content (AvgIpc) is 3.16. The Hall–Kier alpha value is -1.35. The third-order valence-electron chi connectivity index (χ3n) is 10.6. The molecule has 0 radical (unpaired) electrons. The third-order valence-corrected chi connectivity index (χ3v) is 14.3. The van der Waals surface area contributed by atoms with Gasteiger partial charge in [0.1, 0.15) is 0 Å². The van der Waals surface area contributed by atoms with E-state index in [0.29, 0.717) is 23.7 Å². The molecule has 0 aliphatic carbocycles. The number of unbranched alkanes of at least 4 members (excludes halogenated alkanes) is 26. The molecule has 0 atom stereocenters. The second kappa shape index (κ2) is 31.7. The van der Waals surface area contributed by atoms with Crippen LogP contribution in [0.3, 0.4) is 0 Å². The average molecular weight is 851 g/mol. The number of carboxylic acids is 1. The number of carbonyl (C=O) groups is 1. The molecule has 0 amide bonds. The molecule has 2 aromatic rings. The molecular formula is C46H76BrNO4S2. The summed E-state index contributed by atoms with van der Waals surface area (Å²) in [6, 6.07) is 12.6. The fraction of sp³-hybridized carbons (Fsp3) is 0.717. The van der Waals surface area contributed by atoms with Crippen LogP contribution in [-0.2, 0) is 15.8 Å². The summed E-state index contributed by atoms with van der Waals surface area (Å²) in [7, 11) is -3.90. The summed E-state index contributed by atoms with van der Waals surface area (Å²) in [6.45, 7) is 5.49. The van der Waals surface area contributed by atoms with Crippen molar-refractivity contribution in [2.24, 2.45) is 0 Å². The quantitative estimate of drug-likeness (QED) is 0.0546. The lowest BCUT2D eigenvalue weighted by molar-refractivity contribution is 0.0696. The summed E-state index contributed by atoms with van der Waals surface area (Å²) in [5.41, 5.74) is 1.08. The van der Waals surface area contributed by atoms with Crippen LogP contribution in [0.5, 0.6) is 0 Å². The number of carboxylic acid groups (broad SMARTS) is 1. The fourth-order valence-electron chi connectivity index (χ4n) is 7.21. The fourth-order valence-corrected chi connectivity index (χ4v) is 10.6. The molecular weight excluding hydrogens is 775 g/mol. The van der Waals surface area contributed by atoms with E-state index in [1.54, 1.807) is 10.4 Å². The van der Waals surface area contributed by atoms with Gasteiger partial charge in [0.25, 0.3) is 0 Å². The standard InChI is InChI=1S/C46H76BrNO4S2/c1-3-5-7-9-11-13-15-17-19-21-23-25-27-29-36-48(37-30-28-26-24-22-20-18-16-14-12-10-8-6-4-2)54(51,52)45-39-42(46(49)50)34-35-44(45)53-40-41-32-31-33-43(47)38-41/h31-35,38-39H,3-30,36-37,40H2,1-2H3,(H,49,50). The van der Waals surface area contributed by atoms with Crippen molar-refractivity contribution in [1.29, 1.82) is 0 Å². The molecule has 0 saturated carbocycles. The van der Waals surface area contributed by atoms with E-state index >= 15 is 0 Å². The second-order valence-electron chi connectivity index (χ2n) is 15.5. The highest BCUT2D eigenvalue weighted by molar-refractivity contribution is 9.10. The van der Waals surface area contributed by atoms with E-state index in [1.165, 1.54) is 165 Å². The van der Waals surface area contributed by atoms with E-state index in [0.717, 1.165) is 48.6 Å². The Kier molecular flexibility index (Phi) is 28.6. The molecule has 0 spiro atoms. The van der Waals surface area contributed by atoms with Gasteiger partial charge in [-0.25, -0.2) is 13.2 Å². The summed E-state index contributed by atoms with van der Waals surface area (Å²) < 4.78 is 31.5. The number of thioether (sulfide) groups is 1. The van der Waals surface area contributed by atoms with Crippen LogP contribution in [0.4, 0.5) is 0 Å². The Morgan fingerprint density at radius 3 is 1.39 bits per heavy atom. The van der Waals surface area contributed by atoms with Crippen molar-refractivity contribution < 1.29 is 18.3 Å². The first-order valence-electron chi connectivity index (χ1n) is 22.0. The Bertz CT molecular complexity index is 1320. The number of hydrogen-bond acceptors (Lipinski definition) is 4. The smallest absolute Gasteiger partial charge is 0.335 e. The normalized spacial score (nSPS) is 11.9. The molecule has 8 heteroatoms. The van der Waals surface area contributed by atoms with Crippen LogP contribution in [0.2, 0.25) is 0 Å². The lowest BCUT2D eigenvalue weighted by atomic mass is 10.0. The Balaban J connectivity index is 1.92. The molecule has 0 fully saturated rings. The highest BCUT2D eigenvalue weighted by atomic mass is 79.9. The molecule has 308 valence electrons. The van der Waals surface area contributed by atoms with Crippen molar-refractivity contribution in [3.8, 4) is 0 Å². The van der Waals surface area contributed by atoms with E-state index < -0.39 is 16.0 Å². The van der Waals surface area contributed by atoms with Crippen LogP contribution in [0.1, 0.15) is 210 Å². The maximum Gasteiger partial charge on any atom is 0.335 e. The van der Waals surface area contributed by atoms with Crippen LogP contribution < -0.4 is 0 Å². The molecule has 0 aliphatic rings. The minimum atomic E-state index is -3.90. The zero-order chi connectivity index (χ0) is 39.1. The van der Waals surface area contributed by atoms with Gasteiger partial charge in [0, 0.05) is 28.2 Å². The molecule has 54 heavy (non-hydrogen) atoms. The van der Waals surface area contributed by atoms with Crippen molar-refractivity contribution in [3.05, 3.63) is 58.1 Å². The van der Waals surface area contributed by atoms with E-state index in [4.69, 9.17) is 0 Å². The van der Waals surface area contributed by atoms with Gasteiger partial charge in [0.05, 0.1) is 10.5 Å². The minimum absolute atomic E-state index is 0.00770. The molecule has 0 bridgehead atoms. The van der Waals surface area contributed by atoms with E-state index in [2.05, 4.69) is 29.8 Å². The highest BCUT2D eigenvalue weighted by Crippen LogP contribution is 2.33. The summed E-state index contributed by atoms with van der Waals surface area (Å²) >= 11 is 4.98. The molecule has 0 aliphatic heterocycles. The first kappa shape index (κ1) is 48.8. The number of nitrogens with zero attached hydrogens (tertiary/aromatic N) is 1. The van der Waals surface area contributed by atoms with Crippen molar-refractivity contribution >= 4 is 43.7 Å². The summed E-state index contributed by atoms with van der Waals surface area (Å²) in [6.07, 6.45) is 35.2. The molecule has 2 aromatic carbocycles. The monoisotopic (exact) mass is 849 g/mol. The van der Waals surface area contributed by atoms with Gasteiger partial charge in [0.15, 0.2) is 0 Å². The van der Waals surface area contributed by atoms with Crippen LogP contribution in [0, 0.1) is 0 Å². The minimum Gasteiger partial charge on any atom is -0.478 e. The maximum absolute atomic E-state index is 14.4.